The second-order valence-electron chi connectivity index (χ2n) is 8.08. The summed E-state index contributed by atoms with van der Waals surface area (Å²) in [6.45, 7) is 4.05. The molecule has 2 N–H and O–H groups in total. The van der Waals surface area contributed by atoms with E-state index in [0.29, 0.717) is 19.4 Å². The van der Waals surface area contributed by atoms with Crippen LogP contribution in [-0.2, 0) is 14.3 Å². The van der Waals surface area contributed by atoms with Crippen LogP contribution in [0, 0.1) is 0 Å². The smallest absolute Gasteiger partial charge is 0.410 e. The van der Waals surface area contributed by atoms with E-state index in [-0.39, 0.29) is 25.6 Å². The van der Waals surface area contributed by atoms with Crippen LogP contribution in [-0.4, -0.2) is 61.0 Å². The van der Waals surface area contributed by atoms with Crippen LogP contribution in [0.2, 0.25) is 0 Å². The molecule has 34 heavy (non-hydrogen) atoms. The molecule has 0 radical (unpaired) electrons. The summed E-state index contributed by atoms with van der Waals surface area (Å²) >= 11 is 0. The van der Waals surface area contributed by atoms with Gasteiger partial charge in [0.05, 0.1) is 0 Å². The summed E-state index contributed by atoms with van der Waals surface area (Å²) in [5, 5.41) is 12.2. The Morgan fingerprint density at radius 3 is 2.26 bits per heavy atom. The molecule has 3 rings (SSSR count). The SMILES string of the molecule is C=CCOC(=O)NCCCCC(C(=O)O)N(C)C(=O)OCC1c2ccccc2-c2ccccc21. The number of ether oxygens (including phenoxy) is 2. The predicted octanol–water partition coefficient (Wildman–Crippen LogP) is 4.40. The number of hydrogen-bond acceptors (Lipinski definition) is 5. The Hall–Kier alpha value is -3.81. The van der Waals surface area contributed by atoms with E-state index in [0.717, 1.165) is 27.2 Å². The molecule has 1 aliphatic rings. The molecule has 2 amide bonds. The molecule has 0 heterocycles. The first-order chi connectivity index (χ1) is 16.4. The number of benzene rings is 2. The summed E-state index contributed by atoms with van der Waals surface area (Å²) < 4.78 is 10.4. The molecule has 0 saturated heterocycles. The second-order valence-corrected chi connectivity index (χ2v) is 8.08. The van der Waals surface area contributed by atoms with E-state index >= 15 is 0 Å². The van der Waals surface area contributed by atoms with Crippen LogP contribution in [0.3, 0.4) is 0 Å². The fourth-order valence-electron chi connectivity index (χ4n) is 4.14. The summed E-state index contributed by atoms with van der Waals surface area (Å²) in [6.07, 6.45) is 1.52. The van der Waals surface area contributed by atoms with Gasteiger partial charge < -0.3 is 19.9 Å². The second kappa shape index (κ2) is 11.9. The number of nitrogens with zero attached hydrogens (tertiary/aromatic N) is 1. The minimum Gasteiger partial charge on any atom is -0.480 e. The minimum atomic E-state index is -1.10. The number of likely N-dealkylation sites (N-methyl/N-ethyl adjacent to an activating group) is 1. The molecule has 0 bridgehead atoms. The van der Waals surface area contributed by atoms with Crippen molar-refractivity contribution in [1.29, 1.82) is 0 Å². The average Bonchev–Trinajstić information content (AvgIpc) is 3.16. The molecule has 2 aromatic rings. The van der Waals surface area contributed by atoms with Crippen LogP contribution >= 0.6 is 0 Å². The number of aliphatic carboxylic acids is 1. The first kappa shape index (κ1) is 24.8. The van der Waals surface area contributed by atoms with Gasteiger partial charge in [-0.1, -0.05) is 61.2 Å². The zero-order valence-corrected chi connectivity index (χ0v) is 19.2. The van der Waals surface area contributed by atoms with Crippen molar-refractivity contribution in [3.63, 3.8) is 0 Å². The van der Waals surface area contributed by atoms with Gasteiger partial charge in [-0.25, -0.2) is 14.4 Å². The molecule has 8 nitrogen and oxygen atoms in total. The van der Waals surface area contributed by atoms with Gasteiger partial charge in [-0.3, -0.25) is 4.90 Å². The number of rotatable bonds is 11. The monoisotopic (exact) mass is 466 g/mol. The Morgan fingerprint density at radius 1 is 1.06 bits per heavy atom. The standard InChI is InChI=1S/C26H30N2O6/c1-3-16-33-25(31)27-15-9-8-14-23(24(29)30)28(2)26(32)34-17-22-20-12-6-4-10-18(20)19-11-5-7-13-21(19)22/h3-7,10-13,22-23H,1,8-9,14-17H2,2H3,(H,27,31)(H,29,30). The van der Waals surface area contributed by atoms with Crippen molar-refractivity contribution in [2.75, 3.05) is 26.8 Å². The highest BCUT2D eigenvalue weighted by Crippen LogP contribution is 2.44. The van der Waals surface area contributed by atoms with Gasteiger partial charge in [0.2, 0.25) is 0 Å². The molecule has 1 atom stereocenters. The van der Waals surface area contributed by atoms with Gasteiger partial charge in [-0.05, 0) is 41.5 Å². The maximum Gasteiger partial charge on any atom is 0.410 e. The van der Waals surface area contributed by atoms with Gasteiger partial charge in [0, 0.05) is 19.5 Å². The third kappa shape index (κ3) is 5.95. The number of alkyl carbamates (subject to hydrolysis) is 1. The highest BCUT2D eigenvalue weighted by molar-refractivity contribution is 5.81. The highest BCUT2D eigenvalue weighted by atomic mass is 16.6. The molecule has 2 aromatic carbocycles. The third-order valence-electron chi connectivity index (χ3n) is 5.88. The lowest BCUT2D eigenvalue weighted by Crippen LogP contribution is -2.43. The molecule has 0 fully saturated rings. The molecular weight excluding hydrogens is 436 g/mol. The van der Waals surface area contributed by atoms with Crippen LogP contribution in [0.4, 0.5) is 9.59 Å². The van der Waals surface area contributed by atoms with E-state index in [1.807, 2.05) is 36.4 Å². The van der Waals surface area contributed by atoms with Gasteiger partial charge in [0.1, 0.15) is 19.3 Å². The number of carbonyl (C=O) groups is 3. The normalized spacial score (nSPS) is 12.7. The topological polar surface area (TPSA) is 105 Å². The zero-order valence-electron chi connectivity index (χ0n) is 19.2. The molecule has 0 aliphatic heterocycles. The van der Waals surface area contributed by atoms with Gasteiger partial charge in [-0.2, -0.15) is 0 Å². The van der Waals surface area contributed by atoms with Crippen LogP contribution < -0.4 is 5.32 Å². The summed E-state index contributed by atoms with van der Waals surface area (Å²) in [6, 6.07) is 15.0. The van der Waals surface area contributed by atoms with E-state index in [1.165, 1.54) is 13.1 Å². The summed E-state index contributed by atoms with van der Waals surface area (Å²) in [4.78, 5) is 37.0. The average molecular weight is 467 g/mol. The lowest BCUT2D eigenvalue weighted by Gasteiger charge is -2.25. The summed E-state index contributed by atoms with van der Waals surface area (Å²) in [5.41, 5.74) is 4.43. The van der Waals surface area contributed by atoms with Gasteiger partial charge in [0.15, 0.2) is 0 Å². The van der Waals surface area contributed by atoms with Crippen molar-refractivity contribution in [3.05, 3.63) is 72.3 Å². The van der Waals surface area contributed by atoms with Crippen molar-refractivity contribution in [1.82, 2.24) is 10.2 Å². The number of amides is 2. The van der Waals surface area contributed by atoms with Crippen molar-refractivity contribution in [2.45, 2.75) is 31.2 Å². The Kier molecular flexibility index (Phi) is 8.67. The number of unbranched alkanes of at least 4 members (excludes halogenated alkanes) is 1. The Labute approximate surface area is 199 Å². The molecule has 0 spiro atoms. The lowest BCUT2D eigenvalue weighted by molar-refractivity contribution is -0.142. The quantitative estimate of drug-likeness (QED) is 0.376. The van der Waals surface area contributed by atoms with Gasteiger partial charge in [0.25, 0.3) is 0 Å². The number of carbonyl (C=O) groups excluding carboxylic acids is 2. The Bertz CT molecular complexity index is 992. The van der Waals surface area contributed by atoms with Crippen LogP contribution in [0.25, 0.3) is 11.1 Å². The predicted molar refractivity (Wildman–Crippen MR) is 128 cm³/mol. The minimum absolute atomic E-state index is 0.0973. The molecule has 1 aliphatic carbocycles. The van der Waals surface area contributed by atoms with Crippen molar-refractivity contribution >= 4 is 18.2 Å². The number of nitrogens with one attached hydrogen (secondary N) is 1. The van der Waals surface area contributed by atoms with Crippen LogP contribution in [0.5, 0.6) is 0 Å². The van der Waals surface area contributed by atoms with E-state index in [4.69, 9.17) is 9.47 Å². The van der Waals surface area contributed by atoms with Crippen molar-refractivity contribution < 1.29 is 29.0 Å². The van der Waals surface area contributed by atoms with E-state index in [9.17, 15) is 19.5 Å². The highest BCUT2D eigenvalue weighted by Gasteiger charge is 2.31. The zero-order chi connectivity index (χ0) is 24.5. The third-order valence-corrected chi connectivity index (χ3v) is 5.88. The van der Waals surface area contributed by atoms with Crippen molar-refractivity contribution in [3.8, 4) is 11.1 Å². The first-order valence-electron chi connectivity index (χ1n) is 11.3. The number of fused-ring (bicyclic) bond motifs is 3. The lowest BCUT2D eigenvalue weighted by atomic mass is 9.98. The molecule has 8 heteroatoms. The number of hydrogen-bond donors (Lipinski definition) is 2. The summed E-state index contributed by atoms with van der Waals surface area (Å²) in [7, 11) is 1.43. The van der Waals surface area contributed by atoms with Crippen LogP contribution in [0.1, 0.15) is 36.3 Å². The Morgan fingerprint density at radius 2 is 1.68 bits per heavy atom. The summed E-state index contributed by atoms with van der Waals surface area (Å²) in [5.74, 6) is -1.20. The maximum absolute atomic E-state index is 12.7. The molecule has 0 saturated carbocycles. The fraction of sp³-hybridized carbons (Fsp3) is 0.346. The van der Waals surface area contributed by atoms with Gasteiger partial charge >= 0.3 is 18.2 Å². The van der Waals surface area contributed by atoms with E-state index in [1.54, 1.807) is 0 Å². The first-order valence-corrected chi connectivity index (χ1v) is 11.3. The molecule has 180 valence electrons. The Balaban J connectivity index is 1.52. The van der Waals surface area contributed by atoms with E-state index < -0.39 is 24.2 Å². The fourth-order valence-corrected chi connectivity index (χ4v) is 4.14. The maximum atomic E-state index is 12.7. The molecular formula is C26H30N2O6. The number of carboxylic acid groups (broad SMARTS) is 1. The molecule has 0 aromatic heterocycles. The van der Waals surface area contributed by atoms with Gasteiger partial charge in [-0.15, -0.1) is 0 Å². The van der Waals surface area contributed by atoms with E-state index in [2.05, 4.69) is 24.0 Å². The number of carboxylic acids is 1. The molecule has 1 unspecified atom stereocenters. The largest absolute Gasteiger partial charge is 0.480 e. The van der Waals surface area contributed by atoms with Crippen molar-refractivity contribution in [2.24, 2.45) is 0 Å². The van der Waals surface area contributed by atoms with Crippen LogP contribution in [0.15, 0.2) is 61.2 Å².